The van der Waals surface area contributed by atoms with Gasteiger partial charge in [0.2, 0.25) is 0 Å². The zero-order valence-corrected chi connectivity index (χ0v) is 12.6. The van der Waals surface area contributed by atoms with Crippen LogP contribution < -0.4 is 5.32 Å². The molecule has 0 unspecified atom stereocenters. The Morgan fingerprint density at radius 1 is 1.00 bits per heavy atom. The van der Waals surface area contributed by atoms with Crippen molar-refractivity contribution in [3.63, 3.8) is 0 Å². The highest BCUT2D eigenvalue weighted by Crippen LogP contribution is 2.36. The molecule has 0 aliphatic carbocycles. The van der Waals surface area contributed by atoms with E-state index in [1.54, 1.807) is 24.3 Å². The normalized spacial score (nSPS) is 10.4. The number of rotatable bonds is 3. The number of esters is 1. The van der Waals surface area contributed by atoms with Gasteiger partial charge in [-0.3, -0.25) is 4.79 Å². The van der Waals surface area contributed by atoms with Gasteiger partial charge in [0.15, 0.2) is 0 Å². The fourth-order valence-corrected chi connectivity index (χ4v) is 3.29. The highest BCUT2D eigenvalue weighted by Gasteiger charge is 2.21. The Labute approximate surface area is 131 Å². The van der Waals surface area contributed by atoms with Gasteiger partial charge in [-0.25, -0.2) is 4.79 Å². The molecule has 0 saturated carbocycles. The number of amides is 1. The predicted molar refractivity (Wildman–Crippen MR) is 87.6 cm³/mol. The molecule has 0 saturated heterocycles. The van der Waals surface area contributed by atoms with Crippen LogP contribution in [-0.2, 0) is 4.74 Å². The Kier molecular flexibility index (Phi) is 3.89. The Morgan fingerprint density at radius 3 is 2.41 bits per heavy atom. The number of carbonyl (C=O) groups is 2. The van der Waals surface area contributed by atoms with E-state index in [1.165, 1.54) is 18.4 Å². The molecule has 1 heterocycles. The van der Waals surface area contributed by atoms with Crippen LogP contribution in [0.1, 0.15) is 20.7 Å². The standard InChI is InChI=1S/C17H13NO3S/c1-21-17(20)14-12-9-5-6-10-13(12)22-16(14)18-15(19)11-7-3-2-4-8-11/h2-10H,1H3,(H,18,19). The summed E-state index contributed by atoms with van der Waals surface area (Å²) >= 11 is 1.36. The first-order chi connectivity index (χ1) is 10.7. The van der Waals surface area contributed by atoms with Gasteiger partial charge in [0.05, 0.1) is 7.11 Å². The van der Waals surface area contributed by atoms with Gasteiger partial charge in [0.1, 0.15) is 10.6 Å². The van der Waals surface area contributed by atoms with E-state index in [0.29, 0.717) is 16.1 Å². The lowest BCUT2D eigenvalue weighted by molar-refractivity contribution is 0.0604. The number of hydrogen-bond donors (Lipinski definition) is 1. The minimum atomic E-state index is -0.458. The Hall–Kier alpha value is -2.66. The lowest BCUT2D eigenvalue weighted by Crippen LogP contribution is -2.13. The number of methoxy groups -OCH3 is 1. The second-order valence-corrected chi connectivity index (χ2v) is 5.67. The second-order valence-electron chi connectivity index (χ2n) is 4.61. The molecular formula is C17H13NO3S. The van der Waals surface area contributed by atoms with Crippen LogP contribution in [0.2, 0.25) is 0 Å². The van der Waals surface area contributed by atoms with Gasteiger partial charge in [-0.05, 0) is 18.2 Å². The van der Waals surface area contributed by atoms with Crippen LogP contribution >= 0.6 is 11.3 Å². The number of thiophene rings is 1. The molecule has 1 amide bonds. The van der Waals surface area contributed by atoms with E-state index in [-0.39, 0.29) is 5.91 Å². The predicted octanol–water partition coefficient (Wildman–Crippen LogP) is 3.94. The molecule has 1 N–H and O–H groups in total. The van der Waals surface area contributed by atoms with Gasteiger partial charge in [-0.1, -0.05) is 36.4 Å². The summed E-state index contributed by atoms with van der Waals surface area (Å²) in [4.78, 5) is 24.4. The summed E-state index contributed by atoms with van der Waals surface area (Å²) in [5.74, 6) is -0.710. The van der Waals surface area contributed by atoms with Gasteiger partial charge in [-0.2, -0.15) is 0 Å². The van der Waals surface area contributed by atoms with Crippen LogP contribution in [-0.4, -0.2) is 19.0 Å². The lowest BCUT2D eigenvalue weighted by Gasteiger charge is -2.05. The summed E-state index contributed by atoms with van der Waals surface area (Å²) in [6, 6.07) is 16.4. The zero-order chi connectivity index (χ0) is 15.5. The molecule has 0 aliphatic rings. The van der Waals surface area contributed by atoms with Gasteiger partial charge in [-0.15, -0.1) is 11.3 Å². The number of fused-ring (bicyclic) bond motifs is 1. The van der Waals surface area contributed by atoms with Crippen molar-refractivity contribution in [2.75, 3.05) is 12.4 Å². The van der Waals surface area contributed by atoms with Crippen LogP contribution in [0.15, 0.2) is 54.6 Å². The second kappa shape index (κ2) is 5.99. The third-order valence-electron chi connectivity index (χ3n) is 3.25. The summed E-state index contributed by atoms with van der Waals surface area (Å²) in [5.41, 5.74) is 0.933. The number of ether oxygens (including phenoxy) is 1. The molecule has 3 aromatic rings. The summed E-state index contributed by atoms with van der Waals surface area (Å²) < 4.78 is 5.77. The lowest BCUT2D eigenvalue weighted by atomic mass is 10.1. The van der Waals surface area contributed by atoms with Crippen LogP contribution in [0.3, 0.4) is 0 Å². The maximum absolute atomic E-state index is 12.3. The van der Waals surface area contributed by atoms with Crippen LogP contribution in [0.4, 0.5) is 5.00 Å². The van der Waals surface area contributed by atoms with E-state index in [0.717, 1.165) is 10.1 Å². The summed E-state index contributed by atoms with van der Waals surface area (Å²) in [7, 11) is 1.33. The number of nitrogens with one attached hydrogen (secondary N) is 1. The number of hydrogen-bond acceptors (Lipinski definition) is 4. The van der Waals surface area contributed by atoms with Gasteiger partial charge < -0.3 is 10.1 Å². The zero-order valence-electron chi connectivity index (χ0n) is 11.8. The van der Waals surface area contributed by atoms with Crippen molar-refractivity contribution in [2.24, 2.45) is 0 Å². The molecule has 4 nitrogen and oxygen atoms in total. The first-order valence-corrected chi connectivity index (χ1v) is 7.48. The summed E-state index contributed by atoms with van der Waals surface area (Å²) in [6.45, 7) is 0. The molecule has 0 atom stereocenters. The maximum Gasteiger partial charge on any atom is 0.341 e. The Bertz CT molecular complexity index is 839. The Balaban J connectivity index is 2.03. The fourth-order valence-electron chi connectivity index (χ4n) is 2.20. The SMILES string of the molecule is COC(=O)c1c(NC(=O)c2ccccc2)sc2ccccc12. The topological polar surface area (TPSA) is 55.4 Å². The van der Waals surface area contributed by atoms with Crippen molar-refractivity contribution in [1.82, 2.24) is 0 Å². The highest BCUT2D eigenvalue weighted by atomic mass is 32.1. The molecule has 22 heavy (non-hydrogen) atoms. The molecule has 1 aromatic heterocycles. The number of anilines is 1. The summed E-state index contributed by atoms with van der Waals surface area (Å²) in [5, 5.41) is 4.09. The monoisotopic (exact) mass is 311 g/mol. The smallest absolute Gasteiger partial charge is 0.341 e. The minimum Gasteiger partial charge on any atom is -0.465 e. The van der Waals surface area contributed by atoms with Crippen LogP contribution in [0, 0.1) is 0 Å². The van der Waals surface area contributed by atoms with Crippen molar-refractivity contribution >= 4 is 38.3 Å². The molecule has 3 rings (SSSR count). The first kappa shape index (κ1) is 14.3. The van der Waals surface area contributed by atoms with Crippen molar-refractivity contribution < 1.29 is 14.3 Å². The van der Waals surface area contributed by atoms with E-state index in [2.05, 4.69) is 5.32 Å². The maximum atomic E-state index is 12.3. The molecular weight excluding hydrogens is 298 g/mol. The summed E-state index contributed by atoms with van der Waals surface area (Å²) in [6.07, 6.45) is 0. The quantitative estimate of drug-likeness (QED) is 0.745. The van der Waals surface area contributed by atoms with Crippen molar-refractivity contribution in [3.8, 4) is 0 Å². The van der Waals surface area contributed by atoms with Crippen molar-refractivity contribution in [2.45, 2.75) is 0 Å². The van der Waals surface area contributed by atoms with Crippen LogP contribution in [0.5, 0.6) is 0 Å². The van der Waals surface area contributed by atoms with Crippen molar-refractivity contribution in [1.29, 1.82) is 0 Å². The molecule has 0 fully saturated rings. The highest BCUT2D eigenvalue weighted by molar-refractivity contribution is 7.23. The molecule has 0 radical (unpaired) electrons. The average molecular weight is 311 g/mol. The Morgan fingerprint density at radius 2 is 1.68 bits per heavy atom. The largest absolute Gasteiger partial charge is 0.465 e. The molecule has 0 aliphatic heterocycles. The third-order valence-corrected chi connectivity index (χ3v) is 4.33. The molecule has 5 heteroatoms. The number of carbonyl (C=O) groups excluding carboxylic acids is 2. The molecule has 0 bridgehead atoms. The van der Waals surface area contributed by atoms with Gasteiger partial charge >= 0.3 is 5.97 Å². The van der Waals surface area contributed by atoms with E-state index in [4.69, 9.17) is 4.74 Å². The molecule has 2 aromatic carbocycles. The van der Waals surface area contributed by atoms with E-state index >= 15 is 0 Å². The van der Waals surface area contributed by atoms with Gasteiger partial charge in [0.25, 0.3) is 5.91 Å². The van der Waals surface area contributed by atoms with E-state index < -0.39 is 5.97 Å². The van der Waals surface area contributed by atoms with Gasteiger partial charge in [0, 0.05) is 15.6 Å². The fraction of sp³-hybridized carbons (Fsp3) is 0.0588. The molecule has 0 spiro atoms. The van der Waals surface area contributed by atoms with E-state index in [9.17, 15) is 9.59 Å². The van der Waals surface area contributed by atoms with Crippen molar-refractivity contribution in [3.05, 3.63) is 65.7 Å². The number of benzene rings is 2. The van der Waals surface area contributed by atoms with Crippen LogP contribution in [0.25, 0.3) is 10.1 Å². The third kappa shape index (κ3) is 2.58. The molecule has 110 valence electrons. The minimum absolute atomic E-state index is 0.252. The first-order valence-electron chi connectivity index (χ1n) is 6.67. The van der Waals surface area contributed by atoms with E-state index in [1.807, 2.05) is 30.3 Å². The average Bonchev–Trinajstić information content (AvgIpc) is 2.92.